The van der Waals surface area contributed by atoms with E-state index in [1.165, 1.54) is 12.1 Å². The first kappa shape index (κ1) is 22.7. The highest BCUT2D eigenvalue weighted by molar-refractivity contribution is 5.80. The summed E-state index contributed by atoms with van der Waals surface area (Å²) in [5.74, 6) is -0.936. The molecule has 2 N–H and O–H groups in total. The second kappa shape index (κ2) is 10.3. The van der Waals surface area contributed by atoms with Gasteiger partial charge in [-0.1, -0.05) is 42.5 Å². The SMILES string of the molecule is CC(C)(C)OC(=O)N[C@H](Cc1ccc(OC(=O)OCc2ccccc2)cc1)C(=O)O. The summed E-state index contributed by atoms with van der Waals surface area (Å²) in [5, 5.41) is 11.7. The second-order valence-electron chi connectivity index (χ2n) is 7.51. The molecule has 2 aromatic carbocycles. The van der Waals surface area contributed by atoms with Gasteiger partial charge in [0.1, 0.15) is 24.0 Å². The van der Waals surface area contributed by atoms with Gasteiger partial charge < -0.3 is 24.6 Å². The molecule has 30 heavy (non-hydrogen) atoms. The van der Waals surface area contributed by atoms with Gasteiger partial charge in [0.2, 0.25) is 0 Å². The molecular formula is C22H25NO7. The van der Waals surface area contributed by atoms with Crippen LogP contribution in [0.4, 0.5) is 9.59 Å². The Kier molecular flexibility index (Phi) is 7.80. The zero-order chi connectivity index (χ0) is 22.1. The van der Waals surface area contributed by atoms with E-state index in [1.807, 2.05) is 30.3 Å². The normalized spacial score (nSPS) is 11.8. The summed E-state index contributed by atoms with van der Waals surface area (Å²) >= 11 is 0. The van der Waals surface area contributed by atoms with Gasteiger partial charge in [-0.15, -0.1) is 0 Å². The fourth-order valence-electron chi connectivity index (χ4n) is 2.42. The van der Waals surface area contributed by atoms with Crippen LogP contribution in [0.1, 0.15) is 31.9 Å². The number of ether oxygens (including phenoxy) is 3. The van der Waals surface area contributed by atoms with Gasteiger partial charge in [-0.05, 0) is 44.0 Å². The van der Waals surface area contributed by atoms with E-state index in [9.17, 15) is 19.5 Å². The van der Waals surface area contributed by atoms with Crippen molar-refractivity contribution in [3.63, 3.8) is 0 Å². The molecule has 0 unspecified atom stereocenters. The van der Waals surface area contributed by atoms with Crippen molar-refractivity contribution in [2.75, 3.05) is 0 Å². The summed E-state index contributed by atoms with van der Waals surface area (Å²) in [6, 6.07) is 14.3. The number of rotatable bonds is 7. The van der Waals surface area contributed by atoms with Gasteiger partial charge in [0.15, 0.2) is 0 Å². The minimum absolute atomic E-state index is 0.0350. The quantitative estimate of drug-likeness (QED) is 0.521. The van der Waals surface area contributed by atoms with Crippen molar-refractivity contribution in [2.45, 2.75) is 45.4 Å². The second-order valence-corrected chi connectivity index (χ2v) is 7.51. The maximum atomic E-state index is 11.8. The van der Waals surface area contributed by atoms with Crippen molar-refractivity contribution < 1.29 is 33.7 Å². The summed E-state index contributed by atoms with van der Waals surface area (Å²) in [5.41, 5.74) is 0.729. The monoisotopic (exact) mass is 415 g/mol. The Labute approximate surface area is 174 Å². The maximum absolute atomic E-state index is 11.8. The average molecular weight is 415 g/mol. The van der Waals surface area contributed by atoms with Gasteiger partial charge in [-0.3, -0.25) is 0 Å². The lowest BCUT2D eigenvalue weighted by Gasteiger charge is -2.22. The van der Waals surface area contributed by atoms with Gasteiger partial charge in [0.05, 0.1) is 0 Å². The molecule has 0 bridgehead atoms. The Bertz CT molecular complexity index is 857. The van der Waals surface area contributed by atoms with Crippen LogP contribution in [0.15, 0.2) is 54.6 Å². The summed E-state index contributed by atoms with van der Waals surface area (Å²) in [6.45, 7) is 5.15. The van der Waals surface area contributed by atoms with Gasteiger partial charge in [-0.2, -0.15) is 0 Å². The van der Waals surface area contributed by atoms with E-state index in [-0.39, 0.29) is 18.8 Å². The van der Waals surface area contributed by atoms with Crippen LogP contribution >= 0.6 is 0 Å². The first-order valence-electron chi connectivity index (χ1n) is 9.32. The van der Waals surface area contributed by atoms with Crippen LogP contribution in [0.2, 0.25) is 0 Å². The first-order chi connectivity index (χ1) is 14.1. The molecule has 0 aliphatic heterocycles. The molecule has 0 spiro atoms. The third-order valence-electron chi connectivity index (χ3n) is 3.75. The fraction of sp³-hybridized carbons (Fsp3) is 0.318. The number of amides is 1. The van der Waals surface area contributed by atoms with Crippen molar-refractivity contribution >= 4 is 18.2 Å². The third-order valence-corrected chi connectivity index (χ3v) is 3.75. The molecule has 0 aromatic heterocycles. The zero-order valence-electron chi connectivity index (χ0n) is 17.1. The Balaban J connectivity index is 1.88. The number of benzene rings is 2. The third kappa shape index (κ3) is 8.22. The Morgan fingerprint density at radius 2 is 1.60 bits per heavy atom. The van der Waals surface area contributed by atoms with Crippen LogP contribution in [0.3, 0.4) is 0 Å². The fourth-order valence-corrected chi connectivity index (χ4v) is 2.42. The van der Waals surface area contributed by atoms with E-state index in [4.69, 9.17) is 14.2 Å². The molecule has 0 saturated heterocycles. The summed E-state index contributed by atoms with van der Waals surface area (Å²) in [7, 11) is 0. The van der Waals surface area contributed by atoms with Gasteiger partial charge in [0, 0.05) is 6.42 Å². The minimum atomic E-state index is -1.19. The summed E-state index contributed by atoms with van der Waals surface area (Å²) < 4.78 is 15.2. The van der Waals surface area contributed by atoms with E-state index in [0.29, 0.717) is 5.56 Å². The molecule has 8 heteroatoms. The summed E-state index contributed by atoms with van der Waals surface area (Å²) in [6.07, 6.45) is -1.62. The standard InChI is InChI=1S/C22H25NO7/c1-22(2,3)30-20(26)23-18(19(24)25)13-15-9-11-17(12-10-15)29-21(27)28-14-16-7-5-4-6-8-16/h4-12,18H,13-14H2,1-3H3,(H,23,26)(H,24,25)/t18-/m1/s1. The van der Waals surface area contributed by atoms with Crippen molar-refractivity contribution in [3.8, 4) is 5.75 Å². The van der Waals surface area contributed by atoms with Crippen LogP contribution in [0.25, 0.3) is 0 Å². The molecule has 160 valence electrons. The molecule has 0 radical (unpaired) electrons. The lowest BCUT2D eigenvalue weighted by Crippen LogP contribution is -2.44. The van der Waals surface area contributed by atoms with Crippen molar-refractivity contribution in [1.29, 1.82) is 0 Å². The number of hydrogen-bond acceptors (Lipinski definition) is 6. The molecule has 2 aromatic rings. The van der Waals surface area contributed by atoms with Crippen molar-refractivity contribution in [1.82, 2.24) is 5.32 Å². The molecule has 0 saturated carbocycles. The minimum Gasteiger partial charge on any atom is -0.480 e. The van der Waals surface area contributed by atoms with E-state index >= 15 is 0 Å². The van der Waals surface area contributed by atoms with Crippen LogP contribution in [-0.2, 0) is 27.3 Å². The smallest absolute Gasteiger partial charge is 0.480 e. The molecule has 1 amide bonds. The number of hydrogen-bond donors (Lipinski definition) is 2. The highest BCUT2D eigenvalue weighted by Crippen LogP contribution is 2.15. The van der Waals surface area contributed by atoms with Gasteiger partial charge >= 0.3 is 18.2 Å². The molecule has 1 atom stereocenters. The number of carboxylic acid groups (broad SMARTS) is 1. The van der Waals surface area contributed by atoms with E-state index in [0.717, 1.165) is 5.56 Å². The Morgan fingerprint density at radius 1 is 0.967 bits per heavy atom. The molecule has 0 aliphatic carbocycles. The van der Waals surface area contributed by atoms with Crippen LogP contribution in [0.5, 0.6) is 5.75 Å². The molecule has 8 nitrogen and oxygen atoms in total. The number of alkyl carbamates (subject to hydrolysis) is 1. The number of carboxylic acids is 1. The average Bonchev–Trinajstić information content (AvgIpc) is 2.66. The van der Waals surface area contributed by atoms with E-state index in [2.05, 4.69) is 5.32 Å². The zero-order valence-corrected chi connectivity index (χ0v) is 17.1. The van der Waals surface area contributed by atoms with Crippen LogP contribution < -0.4 is 10.1 Å². The molecule has 0 heterocycles. The topological polar surface area (TPSA) is 111 Å². The lowest BCUT2D eigenvalue weighted by atomic mass is 10.1. The van der Waals surface area contributed by atoms with E-state index < -0.39 is 29.9 Å². The van der Waals surface area contributed by atoms with Gasteiger partial charge in [0.25, 0.3) is 0 Å². The number of aliphatic carboxylic acids is 1. The number of nitrogens with one attached hydrogen (secondary N) is 1. The lowest BCUT2D eigenvalue weighted by molar-refractivity contribution is -0.139. The van der Waals surface area contributed by atoms with E-state index in [1.54, 1.807) is 32.9 Å². The number of carbonyl (C=O) groups excluding carboxylic acids is 2. The van der Waals surface area contributed by atoms with Crippen LogP contribution in [0, 0.1) is 0 Å². The molecule has 0 fully saturated rings. The largest absolute Gasteiger partial charge is 0.514 e. The number of carbonyl (C=O) groups is 3. The van der Waals surface area contributed by atoms with Crippen molar-refractivity contribution in [2.24, 2.45) is 0 Å². The molecule has 0 aliphatic rings. The van der Waals surface area contributed by atoms with Gasteiger partial charge in [-0.25, -0.2) is 14.4 Å². The Morgan fingerprint density at radius 3 is 2.17 bits per heavy atom. The first-order valence-corrected chi connectivity index (χ1v) is 9.32. The predicted octanol–water partition coefficient (Wildman–Crippen LogP) is 3.92. The Hall–Kier alpha value is -3.55. The predicted molar refractivity (Wildman–Crippen MR) is 108 cm³/mol. The highest BCUT2D eigenvalue weighted by atomic mass is 16.7. The highest BCUT2D eigenvalue weighted by Gasteiger charge is 2.24. The maximum Gasteiger partial charge on any atom is 0.514 e. The van der Waals surface area contributed by atoms with Crippen molar-refractivity contribution in [3.05, 3.63) is 65.7 Å². The van der Waals surface area contributed by atoms with Crippen LogP contribution in [-0.4, -0.2) is 35.0 Å². The molecular weight excluding hydrogens is 390 g/mol. The molecule has 2 rings (SSSR count). The summed E-state index contributed by atoms with van der Waals surface area (Å²) in [4.78, 5) is 35.1.